The van der Waals surface area contributed by atoms with Crippen molar-refractivity contribution in [3.8, 4) is 0 Å². The number of ether oxygens (including phenoxy) is 1. The molecule has 0 aliphatic rings. The molecule has 0 aromatic heterocycles. The maximum absolute atomic E-state index is 13.2. The molecule has 1 unspecified atom stereocenters. The van der Waals surface area contributed by atoms with Crippen molar-refractivity contribution in [1.29, 1.82) is 0 Å². The Morgan fingerprint density at radius 1 is 1.56 bits per heavy atom. The average molecular weight is 320 g/mol. The van der Waals surface area contributed by atoms with Crippen molar-refractivity contribution in [2.45, 2.75) is 6.04 Å². The predicted molar refractivity (Wildman–Crippen MR) is 64.9 cm³/mol. The van der Waals surface area contributed by atoms with Gasteiger partial charge in [-0.05, 0) is 34.1 Å². The van der Waals surface area contributed by atoms with Gasteiger partial charge in [0.2, 0.25) is 0 Å². The van der Waals surface area contributed by atoms with Gasteiger partial charge in [0, 0.05) is 12.7 Å². The number of methoxy groups -OCH3 is 1. The van der Waals surface area contributed by atoms with E-state index in [2.05, 4.69) is 26.0 Å². The molecule has 0 radical (unpaired) electrons. The third-order valence-electron chi connectivity index (χ3n) is 2.12. The highest BCUT2D eigenvalue weighted by atomic mass is 79.9. The van der Waals surface area contributed by atoms with Gasteiger partial charge in [0.05, 0.1) is 11.1 Å². The fourth-order valence-corrected chi connectivity index (χ4v) is 1.47. The Morgan fingerprint density at radius 2 is 2.22 bits per heavy atom. The van der Waals surface area contributed by atoms with E-state index in [0.717, 1.165) is 6.07 Å². The van der Waals surface area contributed by atoms with Gasteiger partial charge in [-0.2, -0.15) is 0 Å². The van der Waals surface area contributed by atoms with E-state index in [0.29, 0.717) is 0 Å². The van der Waals surface area contributed by atoms with Gasteiger partial charge >= 0.3 is 5.97 Å². The number of amides is 1. The van der Waals surface area contributed by atoms with Gasteiger partial charge in [-0.15, -0.1) is 0 Å². The third-order valence-corrected chi connectivity index (χ3v) is 2.76. The summed E-state index contributed by atoms with van der Waals surface area (Å²) in [5.74, 6) is -2.49. The molecule has 1 atom stereocenters. The Bertz CT molecular complexity index is 466. The minimum Gasteiger partial charge on any atom is -0.480 e. The first-order chi connectivity index (χ1) is 8.45. The van der Waals surface area contributed by atoms with Crippen LogP contribution in [-0.2, 0) is 9.53 Å². The van der Waals surface area contributed by atoms with Crippen LogP contribution in [0.25, 0.3) is 0 Å². The number of hydrogen-bond donors (Lipinski definition) is 2. The predicted octanol–water partition coefficient (Wildman–Crippen LogP) is 1.42. The van der Waals surface area contributed by atoms with Crippen molar-refractivity contribution < 1.29 is 23.8 Å². The monoisotopic (exact) mass is 319 g/mol. The minimum absolute atomic E-state index is 0.0399. The molecule has 0 spiro atoms. The Kier molecular flexibility index (Phi) is 5.24. The van der Waals surface area contributed by atoms with E-state index in [1.807, 2.05) is 0 Å². The second-order valence-electron chi connectivity index (χ2n) is 3.45. The van der Waals surface area contributed by atoms with Crippen LogP contribution in [0.4, 0.5) is 4.39 Å². The van der Waals surface area contributed by atoms with Crippen molar-refractivity contribution in [2.24, 2.45) is 0 Å². The largest absolute Gasteiger partial charge is 0.480 e. The lowest BCUT2D eigenvalue weighted by Crippen LogP contribution is -2.43. The van der Waals surface area contributed by atoms with Crippen molar-refractivity contribution in [3.63, 3.8) is 0 Å². The molecular formula is C11H11BrFNO4. The quantitative estimate of drug-likeness (QED) is 0.860. The zero-order chi connectivity index (χ0) is 13.7. The van der Waals surface area contributed by atoms with Gasteiger partial charge < -0.3 is 15.2 Å². The summed E-state index contributed by atoms with van der Waals surface area (Å²) in [5.41, 5.74) is 0.0399. The van der Waals surface area contributed by atoms with Gasteiger partial charge in [-0.25, -0.2) is 9.18 Å². The zero-order valence-corrected chi connectivity index (χ0v) is 11.0. The minimum atomic E-state index is -1.22. The summed E-state index contributed by atoms with van der Waals surface area (Å²) >= 11 is 2.96. The molecule has 0 bridgehead atoms. The Balaban J connectivity index is 2.80. The van der Waals surface area contributed by atoms with Gasteiger partial charge in [0.15, 0.2) is 6.04 Å². The normalized spacial score (nSPS) is 11.9. The lowest BCUT2D eigenvalue weighted by atomic mass is 10.2. The molecule has 0 saturated heterocycles. The lowest BCUT2D eigenvalue weighted by Gasteiger charge is -2.13. The van der Waals surface area contributed by atoms with Crippen LogP contribution in [0.3, 0.4) is 0 Å². The van der Waals surface area contributed by atoms with E-state index < -0.39 is 23.7 Å². The zero-order valence-electron chi connectivity index (χ0n) is 9.44. The number of hydrogen-bond acceptors (Lipinski definition) is 3. The van der Waals surface area contributed by atoms with Crippen molar-refractivity contribution in [2.75, 3.05) is 13.7 Å². The average Bonchev–Trinajstić information content (AvgIpc) is 2.31. The second-order valence-corrected chi connectivity index (χ2v) is 4.30. The second kappa shape index (κ2) is 6.46. The van der Waals surface area contributed by atoms with Gasteiger partial charge in [0.25, 0.3) is 5.91 Å². The molecule has 0 heterocycles. The fraction of sp³-hybridized carbons (Fsp3) is 0.273. The summed E-state index contributed by atoms with van der Waals surface area (Å²) in [7, 11) is 1.32. The van der Waals surface area contributed by atoms with Gasteiger partial charge in [-0.1, -0.05) is 0 Å². The molecule has 1 aromatic rings. The summed E-state index contributed by atoms with van der Waals surface area (Å²) in [6, 6.07) is 2.60. The molecule has 18 heavy (non-hydrogen) atoms. The van der Waals surface area contributed by atoms with Crippen LogP contribution in [0.1, 0.15) is 10.4 Å². The summed E-state index contributed by atoms with van der Waals surface area (Å²) in [6.07, 6.45) is 0. The number of carbonyl (C=O) groups excluding carboxylic acids is 1. The SMILES string of the molecule is COCC(NC(=O)c1ccc(Br)c(F)c1)C(=O)O. The molecule has 1 rings (SSSR count). The van der Waals surface area contributed by atoms with Crippen LogP contribution < -0.4 is 5.32 Å². The van der Waals surface area contributed by atoms with Crippen LogP contribution in [0, 0.1) is 5.82 Å². The van der Waals surface area contributed by atoms with Crippen LogP contribution in [0.2, 0.25) is 0 Å². The molecule has 1 aromatic carbocycles. The molecule has 98 valence electrons. The Labute approximate surface area is 111 Å². The summed E-state index contributed by atoms with van der Waals surface area (Å²) in [6.45, 7) is -0.167. The molecule has 0 fully saturated rings. The number of carboxylic acid groups (broad SMARTS) is 1. The number of carbonyl (C=O) groups is 2. The maximum atomic E-state index is 13.2. The number of aliphatic carboxylic acids is 1. The molecule has 1 amide bonds. The van der Waals surface area contributed by atoms with E-state index in [9.17, 15) is 14.0 Å². The van der Waals surface area contributed by atoms with E-state index in [4.69, 9.17) is 5.11 Å². The maximum Gasteiger partial charge on any atom is 0.328 e. The molecule has 2 N–H and O–H groups in total. The van der Waals surface area contributed by atoms with Crippen LogP contribution in [-0.4, -0.2) is 36.7 Å². The Morgan fingerprint density at radius 3 is 2.72 bits per heavy atom. The van der Waals surface area contributed by atoms with Crippen molar-refractivity contribution in [3.05, 3.63) is 34.1 Å². The number of benzene rings is 1. The number of halogens is 2. The van der Waals surface area contributed by atoms with Crippen LogP contribution in [0.5, 0.6) is 0 Å². The first-order valence-corrected chi connectivity index (χ1v) is 5.72. The standard InChI is InChI=1S/C11H11BrFNO4/c1-18-5-9(11(16)17)14-10(15)6-2-3-7(12)8(13)4-6/h2-4,9H,5H2,1H3,(H,14,15)(H,16,17). The molecular weight excluding hydrogens is 309 g/mol. The van der Waals surface area contributed by atoms with E-state index in [1.165, 1.54) is 19.2 Å². The van der Waals surface area contributed by atoms with E-state index >= 15 is 0 Å². The van der Waals surface area contributed by atoms with E-state index in [1.54, 1.807) is 0 Å². The van der Waals surface area contributed by atoms with Crippen LogP contribution >= 0.6 is 15.9 Å². The summed E-state index contributed by atoms with van der Waals surface area (Å²) < 4.78 is 18.1. The fourth-order valence-electron chi connectivity index (χ4n) is 1.22. The van der Waals surface area contributed by atoms with Gasteiger partial charge in [-0.3, -0.25) is 4.79 Å². The Hall–Kier alpha value is -1.47. The molecule has 0 aliphatic heterocycles. The third kappa shape index (κ3) is 3.78. The summed E-state index contributed by atoms with van der Waals surface area (Å²) in [5, 5.41) is 11.1. The highest BCUT2D eigenvalue weighted by molar-refractivity contribution is 9.10. The molecule has 0 aliphatic carbocycles. The number of rotatable bonds is 5. The smallest absolute Gasteiger partial charge is 0.328 e. The van der Waals surface area contributed by atoms with E-state index in [-0.39, 0.29) is 16.6 Å². The molecule has 5 nitrogen and oxygen atoms in total. The van der Waals surface area contributed by atoms with Crippen LogP contribution in [0.15, 0.2) is 22.7 Å². The summed E-state index contributed by atoms with van der Waals surface area (Å²) in [4.78, 5) is 22.5. The topological polar surface area (TPSA) is 75.6 Å². The van der Waals surface area contributed by atoms with Gasteiger partial charge in [0.1, 0.15) is 5.82 Å². The molecule has 7 heteroatoms. The highest BCUT2D eigenvalue weighted by Gasteiger charge is 2.20. The van der Waals surface area contributed by atoms with Crippen molar-refractivity contribution >= 4 is 27.8 Å². The van der Waals surface area contributed by atoms with Crippen molar-refractivity contribution in [1.82, 2.24) is 5.32 Å². The first kappa shape index (κ1) is 14.6. The highest BCUT2D eigenvalue weighted by Crippen LogP contribution is 2.16. The lowest BCUT2D eigenvalue weighted by molar-refractivity contribution is -0.140. The molecule has 0 saturated carbocycles. The first-order valence-electron chi connectivity index (χ1n) is 4.93. The number of nitrogens with one attached hydrogen (secondary N) is 1. The number of carboxylic acids is 1.